The lowest BCUT2D eigenvalue weighted by Gasteiger charge is -2.07. The van der Waals surface area contributed by atoms with Crippen molar-refractivity contribution in [3.8, 4) is 0 Å². The van der Waals surface area contributed by atoms with Crippen LogP contribution in [0.5, 0.6) is 0 Å². The van der Waals surface area contributed by atoms with E-state index >= 15 is 0 Å². The summed E-state index contributed by atoms with van der Waals surface area (Å²) in [6.45, 7) is 3.25. The van der Waals surface area contributed by atoms with Crippen LogP contribution in [0, 0.1) is 10.1 Å². The molecule has 0 aliphatic heterocycles. The topological polar surface area (TPSA) is 95.7 Å². The van der Waals surface area contributed by atoms with Crippen LogP contribution in [0.25, 0.3) is 0 Å². The summed E-state index contributed by atoms with van der Waals surface area (Å²) < 4.78 is 8.96. The van der Waals surface area contributed by atoms with Crippen LogP contribution in [0.3, 0.4) is 0 Å². The number of esters is 2. The fourth-order valence-electron chi connectivity index (χ4n) is 0.860. The summed E-state index contributed by atoms with van der Waals surface area (Å²) in [5.74, 6) is -1.80. The van der Waals surface area contributed by atoms with Crippen molar-refractivity contribution in [1.29, 1.82) is 0 Å². The average Bonchev–Trinajstić information content (AvgIpc) is 2.14. The van der Waals surface area contributed by atoms with Gasteiger partial charge in [0.1, 0.15) is 6.42 Å². The molecular formula is C8H13NO6. The Morgan fingerprint density at radius 3 is 2.20 bits per heavy atom. The molecule has 0 saturated carbocycles. The Morgan fingerprint density at radius 1 is 1.27 bits per heavy atom. The summed E-state index contributed by atoms with van der Waals surface area (Å²) in [4.78, 5) is 31.6. The molecule has 1 atom stereocenters. The van der Waals surface area contributed by atoms with Gasteiger partial charge in [-0.05, 0) is 13.8 Å². The van der Waals surface area contributed by atoms with Crippen molar-refractivity contribution >= 4 is 11.9 Å². The second-order valence-electron chi connectivity index (χ2n) is 2.56. The van der Waals surface area contributed by atoms with Crippen LogP contribution >= 0.6 is 0 Å². The molecule has 0 bridgehead atoms. The molecule has 0 spiro atoms. The summed E-state index contributed by atoms with van der Waals surface area (Å²) in [6.07, 6.45) is -0.598. The number of rotatable bonds is 6. The number of nitro groups is 1. The summed E-state index contributed by atoms with van der Waals surface area (Å²) in [5.41, 5.74) is 0. The van der Waals surface area contributed by atoms with Gasteiger partial charge in [0.2, 0.25) is 0 Å². The molecular weight excluding hydrogens is 206 g/mol. The molecule has 0 saturated heterocycles. The van der Waals surface area contributed by atoms with Crippen LogP contribution in [-0.4, -0.2) is 36.1 Å². The highest BCUT2D eigenvalue weighted by Crippen LogP contribution is 2.02. The Labute approximate surface area is 86.5 Å². The van der Waals surface area contributed by atoms with E-state index in [1.807, 2.05) is 0 Å². The van der Waals surface area contributed by atoms with E-state index in [0.29, 0.717) is 0 Å². The maximum absolute atomic E-state index is 11.1. The summed E-state index contributed by atoms with van der Waals surface area (Å²) in [7, 11) is 0. The smallest absolute Gasteiger partial charge is 0.382 e. The van der Waals surface area contributed by atoms with E-state index in [1.165, 1.54) is 6.92 Å². The van der Waals surface area contributed by atoms with Crippen molar-refractivity contribution in [3.63, 3.8) is 0 Å². The fourth-order valence-corrected chi connectivity index (χ4v) is 0.860. The van der Waals surface area contributed by atoms with Crippen molar-refractivity contribution in [1.82, 2.24) is 0 Å². The van der Waals surface area contributed by atoms with Crippen LogP contribution in [0.2, 0.25) is 0 Å². The van der Waals surface area contributed by atoms with E-state index in [9.17, 15) is 19.7 Å². The Kier molecular flexibility index (Phi) is 6.00. The predicted octanol–water partition coefficient (Wildman–Crippen LogP) is 0.148. The average molecular weight is 219 g/mol. The molecule has 0 aromatic rings. The third kappa shape index (κ3) is 4.94. The molecule has 0 N–H and O–H groups in total. The van der Waals surface area contributed by atoms with Gasteiger partial charge in [-0.15, -0.1) is 0 Å². The minimum absolute atomic E-state index is 0.0337. The summed E-state index contributed by atoms with van der Waals surface area (Å²) in [6, 6.07) is -1.68. The van der Waals surface area contributed by atoms with Gasteiger partial charge < -0.3 is 9.47 Å². The van der Waals surface area contributed by atoms with E-state index in [4.69, 9.17) is 0 Å². The maximum atomic E-state index is 11.1. The molecule has 7 heteroatoms. The van der Waals surface area contributed by atoms with E-state index in [0.717, 1.165) is 0 Å². The Hall–Kier alpha value is -1.66. The molecule has 0 aromatic heterocycles. The first-order valence-corrected chi connectivity index (χ1v) is 4.48. The number of nitrogens with zero attached hydrogens (tertiary/aromatic N) is 1. The van der Waals surface area contributed by atoms with Gasteiger partial charge >= 0.3 is 18.0 Å². The quantitative estimate of drug-likeness (QED) is 0.358. The normalized spacial score (nSPS) is 11.6. The van der Waals surface area contributed by atoms with Crippen LogP contribution in [0.4, 0.5) is 0 Å². The highest BCUT2D eigenvalue weighted by molar-refractivity contribution is 5.81. The first-order valence-electron chi connectivity index (χ1n) is 4.48. The molecule has 0 fully saturated rings. The number of hydrogen-bond acceptors (Lipinski definition) is 6. The van der Waals surface area contributed by atoms with Gasteiger partial charge in [0.05, 0.1) is 13.2 Å². The predicted molar refractivity (Wildman–Crippen MR) is 48.7 cm³/mol. The highest BCUT2D eigenvalue weighted by Gasteiger charge is 2.34. The van der Waals surface area contributed by atoms with Gasteiger partial charge in [0.25, 0.3) is 0 Å². The summed E-state index contributed by atoms with van der Waals surface area (Å²) >= 11 is 0. The zero-order valence-electron chi connectivity index (χ0n) is 8.60. The van der Waals surface area contributed by atoms with Crippen molar-refractivity contribution < 1.29 is 24.0 Å². The van der Waals surface area contributed by atoms with Gasteiger partial charge in [-0.1, -0.05) is 0 Å². The van der Waals surface area contributed by atoms with Crippen molar-refractivity contribution in [2.24, 2.45) is 0 Å². The molecule has 0 rings (SSSR count). The van der Waals surface area contributed by atoms with E-state index < -0.39 is 29.3 Å². The SMILES string of the molecule is CCOC(=O)CC(C(=O)OCC)[N+](=O)[O-]. The lowest BCUT2D eigenvalue weighted by atomic mass is 10.2. The van der Waals surface area contributed by atoms with Gasteiger partial charge in [0, 0.05) is 4.92 Å². The minimum atomic E-state index is -1.68. The number of carbonyl (C=O) groups is 2. The standard InChI is InChI=1S/C8H13NO6/c1-3-14-7(10)5-6(9(12)13)8(11)15-4-2/h6H,3-5H2,1-2H3. The largest absolute Gasteiger partial charge is 0.466 e. The highest BCUT2D eigenvalue weighted by atomic mass is 16.6. The van der Waals surface area contributed by atoms with E-state index in [1.54, 1.807) is 6.92 Å². The lowest BCUT2D eigenvalue weighted by molar-refractivity contribution is -0.509. The number of ether oxygens (including phenoxy) is 2. The summed E-state index contributed by atoms with van der Waals surface area (Å²) in [5, 5.41) is 10.5. The lowest BCUT2D eigenvalue weighted by Crippen LogP contribution is -2.34. The van der Waals surface area contributed by atoms with Gasteiger partial charge in [-0.3, -0.25) is 14.9 Å². The van der Waals surface area contributed by atoms with Gasteiger partial charge in [-0.25, -0.2) is 4.79 Å². The molecule has 0 amide bonds. The van der Waals surface area contributed by atoms with Crippen LogP contribution in [-0.2, 0) is 19.1 Å². The third-order valence-electron chi connectivity index (χ3n) is 1.48. The van der Waals surface area contributed by atoms with Gasteiger partial charge in [0.15, 0.2) is 0 Å². The maximum Gasteiger partial charge on any atom is 0.382 e. The molecule has 0 radical (unpaired) electrons. The van der Waals surface area contributed by atoms with Crippen LogP contribution in [0.15, 0.2) is 0 Å². The molecule has 7 nitrogen and oxygen atoms in total. The Morgan fingerprint density at radius 2 is 1.80 bits per heavy atom. The Balaban J connectivity index is 4.34. The minimum Gasteiger partial charge on any atom is -0.466 e. The second-order valence-corrected chi connectivity index (χ2v) is 2.56. The Bertz CT molecular complexity index is 252. The molecule has 1 unspecified atom stereocenters. The second kappa shape index (κ2) is 6.74. The van der Waals surface area contributed by atoms with Crippen LogP contribution in [0.1, 0.15) is 20.3 Å². The third-order valence-corrected chi connectivity index (χ3v) is 1.48. The first-order chi connectivity index (χ1) is 7.02. The fraction of sp³-hybridized carbons (Fsp3) is 0.750. The van der Waals surface area contributed by atoms with Crippen molar-refractivity contribution in [2.75, 3.05) is 13.2 Å². The van der Waals surface area contributed by atoms with Crippen LogP contribution < -0.4 is 0 Å². The van der Waals surface area contributed by atoms with E-state index in [2.05, 4.69) is 9.47 Å². The molecule has 0 aliphatic rings. The first kappa shape index (κ1) is 13.3. The number of hydrogen-bond donors (Lipinski definition) is 0. The molecule has 15 heavy (non-hydrogen) atoms. The van der Waals surface area contributed by atoms with Gasteiger partial charge in [-0.2, -0.15) is 0 Å². The zero-order valence-corrected chi connectivity index (χ0v) is 8.60. The zero-order chi connectivity index (χ0) is 11.8. The number of carbonyl (C=O) groups excluding carboxylic acids is 2. The monoisotopic (exact) mass is 219 g/mol. The molecule has 86 valence electrons. The van der Waals surface area contributed by atoms with Crippen molar-refractivity contribution in [2.45, 2.75) is 26.3 Å². The molecule has 0 aliphatic carbocycles. The van der Waals surface area contributed by atoms with Crippen molar-refractivity contribution in [3.05, 3.63) is 10.1 Å². The van der Waals surface area contributed by atoms with E-state index in [-0.39, 0.29) is 13.2 Å². The molecule has 0 aromatic carbocycles. The molecule has 0 heterocycles.